The molecule has 1 saturated heterocycles. The molecule has 2 aromatic rings. The number of fused-ring (bicyclic) bond motifs is 1. The number of hydrogen-bond donors (Lipinski definition) is 1. The molecule has 0 aliphatic carbocycles. The molecule has 0 radical (unpaired) electrons. The van der Waals surface area contributed by atoms with Crippen LogP contribution in [0.2, 0.25) is 0 Å². The maximum atomic E-state index is 13.8. The molecule has 0 bridgehead atoms. The quantitative estimate of drug-likeness (QED) is 0.800. The summed E-state index contributed by atoms with van der Waals surface area (Å²) in [7, 11) is 1.71. The molecule has 2 aliphatic heterocycles. The van der Waals surface area contributed by atoms with Gasteiger partial charge in [-0.05, 0) is 24.3 Å². The molecule has 3 atom stereocenters. The maximum absolute atomic E-state index is 13.8. The first-order valence-corrected chi connectivity index (χ1v) is 10.1. The summed E-state index contributed by atoms with van der Waals surface area (Å²) < 4.78 is 44.0. The van der Waals surface area contributed by atoms with E-state index >= 15 is 0 Å². The fraction of sp³-hybridized carbons (Fsp3) is 0.650. The lowest BCUT2D eigenvalue weighted by atomic mass is 9.82. The first-order chi connectivity index (χ1) is 13.9. The van der Waals surface area contributed by atoms with Crippen molar-refractivity contribution in [3.63, 3.8) is 0 Å². The van der Waals surface area contributed by atoms with Crippen molar-refractivity contribution in [3.05, 3.63) is 29.7 Å². The van der Waals surface area contributed by atoms with Gasteiger partial charge < -0.3 is 10.2 Å². The average molecular weight is 424 g/mol. The summed E-state index contributed by atoms with van der Waals surface area (Å²) in [6.45, 7) is 6.77. The number of hydrogen-bond acceptors (Lipinski definition) is 4. The lowest BCUT2D eigenvalue weighted by Gasteiger charge is -2.39. The zero-order valence-electron chi connectivity index (χ0n) is 17.6. The van der Waals surface area contributed by atoms with Gasteiger partial charge in [-0.25, -0.2) is 4.68 Å². The molecule has 164 valence electrons. The second kappa shape index (κ2) is 7.02. The molecule has 0 spiro atoms. The highest BCUT2D eigenvalue weighted by Crippen LogP contribution is 2.44. The molecule has 4 heterocycles. The summed E-state index contributed by atoms with van der Waals surface area (Å²) in [4.78, 5) is 14.4. The van der Waals surface area contributed by atoms with E-state index in [1.54, 1.807) is 30.3 Å². The Morgan fingerprint density at radius 1 is 1.27 bits per heavy atom. The zero-order chi connectivity index (χ0) is 21.8. The van der Waals surface area contributed by atoms with Gasteiger partial charge in [0.05, 0.1) is 5.69 Å². The first kappa shape index (κ1) is 20.7. The SMILES string of the molecule is Cn1nccc1C(=O)N1CCC(c2cc3n(n2)[C@@H](C(F)(F)F)C[C@@H](C(C)(C)C)N3)C1. The molecule has 1 amide bonds. The van der Waals surface area contributed by atoms with Gasteiger partial charge in [-0.1, -0.05) is 20.8 Å². The summed E-state index contributed by atoms with van der Waals surface area (Å²) in [5, 5.41) is 11.6. The summed E-state index contributed by atoms with van der Waals surface area (Å²) in [5.41, 5.74) is 0.770. The van der Waals surface area contributed by atoms with E-state index in [-0.39, 0.29) is 29.7 Å². The number of carbonyl (C=O) groups excluding carboxylic acids is 1. The fourth-order valence-corrected chi connectivity index (χ4v) is 4.29. The fourth-order valence-electron chi connectivity index (χ4n) is 4.29. The first-order valence-electron chi connectivity index (χ1n) is 10.1. The van der Waals surface area contributed by atoms with Gasteiger partial charge in [0.15, 0.2) is 6.04 Å². The molecular formula is C20H27F3N6O. The number of amides is 1. The van der Waals surface area contributed by atoms with E-state index in [0.29, 0.717) is 36.7 Å². The van der Waals surface area contributed by atoms with Gasteiger partial charge in [0.2, 0.25) is 0 Å². The van der Waals surface area contributed by atoms with Crippen LogP contribution in [0.25, 0.3) is 0 Å². The molecule has 7 nitrogen and oxygen atoms in total. The molecule has 0 aromatic carbocycles. The van der Waals surface area contributed by atoms with E-state index in [1.807, 2.05) is 20.8 Å². The Morgan fingerprint density at radius 2 is 2.00 bits per heavy atom. The van der Waals surface area contributed by atoms with Crippen LogP contribution in [-0.4, -0.2) is 55.7 Å². The number of aromatic nitrogens is 4. The number of rotatable bonds is 2. The molecule has 10 heteroatoms. The van der Waals surface area contributed by atoms with E-state index in [0.717, 1.165) is 4.68 Å². The molecule has 0 saturated carbocycles. The molecule has 2 aliphatic rings. The minimum absolute atomic E-state index is 0.0586. The third kappa shape index (κ3) is 3.67. The van der Waals surface area contributed by atoms with Crippen LogP contribution in [0.15, 0.2) is 18.3 Å². The zero-order valence-corrected chi connectivity index (χ0v) is 17.6. The summed E-state index contributed by atoms with van der Waals surface area (Å²) in [6.07, 6.45) is -2.20. The van der Waals surface area contributed by atoms with Crippen molar-refractivity contribution in [1.29, 1.82) is 0 Å². The third-order valence-electron chi connectivity index (χ3n) is 6.19. The lowest BCUT2D eigenvalue weighted by molar-refractivity contribution is -0.175. The second-order valence-corrected chi connectivity index (χ2v) is 9.33. The topological polar surface area (TPSA) is 68.0 Å². The number of alkyl halides is 3. The van der Waals surface area contributed by atoms with Crippen LogP contribution in [-0.2, 0) is 7.05 Å². The number of halogens is 3. The van der Waals surface area contributed by atoms with Gasteiger partial charge in [-0.2, -0.15) is 23.4 Å². The van der Waals surface area contributed by atoms with Gasteiger partial charge in [0.25, 0.3) is 5.91 Å². The number of nitrogens with zero attached hydrogens (tertiary/aromatic N) is 5. The molecule has 1 N–H and O–H groups in total. The Kier molecular flexibility index (Phi) is 4.85. The Bertz CT molecular complexity index is 941. The van der Waals surface area contributed by atoms with Crippen molar-refractivity contribution >= 4 is 11.7 Å². The average Bonchev–Trinajstić information content (AvgIpc) is 3.37. The molecule has 2 aromatic heterocycles. The van der Waals surface area contributed by atoms with E-state index in [1.165, 1.54) is 4.68 Å². The molecule has 1 fully saturated rings. The van der Waals surface area contributed by atoms with Gasteiger partial charge >= 0.3 is 6.18 Å². The van der Waals surface area contributed by atoms with Gasteiger partial charge in [0, 0.05) is 44.4 Å². The predicted octanol–water partition coefficient (Wildman–Crippen LogP) is 3.58. The van der Waals surface area contributed by atoms with Crippen molar-refractivity contribution in [2.24, 2.45) is 12.5 Å². The van der Waals surface area contributed by atoms with E-state index < -0.39 is 12.2 Å². The van der Waals surface area contributed by atoms with Crippen molar-refractivity contribution < 1.29 is 18.0 Å². The van der Waals surface area contributed by atoms with Crippen LogP contribution < -0.4 is 5.32 Å². The monoisotopic (exact) mass is 424 g/mol. The summed E-state index contributed by atoms with van der Waals surface area (Å²) in [6, 6.07) is 1.42. The number of likely N-dealkylation sites (tertiary alicyclic amines) is 1. The van der Waals surface area contributed by atoms with Crippen LogP contribution in [0.4, 0.5) is 19.0 Å². The highest BCUT2D eigenvalue weighted by molar-refractivity contribution is 5.92. The Labute approximate surface area is 173 Å². The number of aryl methyl sites for hydroxylation is 1. The van der Waals surface area contributed by atoms with E-state index in [2.05, 4.69) is 15.5 Å². The highest BCUT2D eigenvalue weighted by atomic mass is 19.4. The normalized spacial score (nSPS) is 24.6. The smallest absolute Gasteiger partial charge is 0.367 e. The summed E-state index contributed by atoms with van der Waals surface area (Å²) >= 11 is 0. The third-order valence-corrected chi connectivity index (χ3v) is 6.19. The van der Waals surface area contributed by atoms with Crippen molar-refractivity contribution in [2.75, 3.05) is 18.4 Å². The van der Waals surface area contributed by atoms with Gasteiger partial charge in [0.1, 0.15) is 11.5 Å². The molecule has 1 unspecified atom stereocenters. The molecular weight excluding hydrogens is 397 g/mol. The second-order valence-electron chi connectivity index (χ2n) is 9.33. The van der Waals surface area contributed by atoms with Crippen LogP contribution >= 0.6 is 0 Å². The predicted molar refractivity (Wildman–Crippen MR) is 105 cm³/mol. The van der Waals surface area contributed by atoms with Crippen molar-refractivity contribution in [2.45, 2.75) is 57.8 Å². The standard InChI is InChI=1S/C20H27F3N6O/c1-19(2,3)15-10-16(20(21,22)23)29-17(25-15)9-13(26-29)12-6-8-28(11-12)18(30)14-5-7-24-27(14)4/h5,7,9,12,15-16,25H,6,8,10-11H2,1-4H3/t12?,15-,16+/m0/s1. The van der Waals surface area contributed by atoms with E-state index in [9.17, 15) is 18.0 Å². The van der Waals surface area contributed by atoms with Gasteiger partial charge in [-0.3, -0.25) is 9.48 Å². The lowest BCUT2D eigenvalue weighted by Crippen LogP contribution is -2.44. The Hall–Kier alpha value is -2.52. The minimum Gasteiger partial charge on any atom is -0.367 e. The summed E-state index contributed by atoms with van der Waals surface area (Å²) in [5.74, 6) is 0.180. The number of anilines is 1. The Morgan fingerprint density at radius 3 is 2.60 bits per heavy atom. The number of carbonyl (C=O) groups is 1. The molecule has 30 heavy (non-hydrogen) atoms. The van der Waals surface area contributed by atoms with E-state index in [4.69, 9.17) is 0 Å². The minimum atomic E-state index is -4.37. The van der Waals surface area contributed by atoms with Crippen LogP contribution in [0.1, 0.15) is 61.8 Å². The van der Waals surface area contributed by atoms with Crippen LogP contribution in [0, 0.1) is 5.41 Å². The van der Waals surface area contributed by atoms with Crippen molar-refractivity contribution in [3.8, 4) is 0 Å². The Balaban J connectivity index is 1.57. The highest BCUT2D eigenvalue weighted by Gasteiger charge is 2.48. The molecule has 4 rings (SSSR count). The van der Waals surface area contributed by atoms with Crippen LogP contribution in [0.3, 0.4) is 0 Å². The van der Waals surface area contributed by atoms with Crippen LogP contribution in [0.5, 0.6) is 0 Å². The van der Waals surface area contributed by atoms with Gasteiger partial charge in [-0.15, -0.1) is 0 Å². The largest absolute Gasteiger partial charge is 0.410 e. The van der Waals surface area contributed by atoms with Crippen molar-refractivity contribution in [1.82, 2.24) is 24.5 Å². The maximum Gasteiger partial charge on any atom is 0.410 e. The number of nitrogens with one attached hydrogen (secondary N) is 1.